The maximum absolute atomic E-state index is 13.6. The van der Waals surface area contributed by atoms with Crippen molar-refractivity contribution < 1.29 is 27.5 Å². The predicted octanol–water partition coefficient (Wildman–Crippen LogP) is 1.94. The molecule has 2 aromatic carbocycles. The molecule has 0 aliphatic carbocycles. The molecular weight excluding hydrogens is 437 g/mol. The third-order valence-electron chi connectivity index (χ3n) is 3.84. The maximum atomic E-state index is 13.6. The first-order chi connectivity index (χ1) is 14.9. The van der Waals surface area contributed by atoms with E-state index in [2.05, 4.69) is 26.2 Å². The zero-order chi connectivity index (χ0) is 22.4. The van der Waals surface area contributed by atoms with Crippen LogP contribution in [0.5, 0.6) is 5.75 Å². The quantitative estimate of drug-likeness (QED) is 0.397. The molecule has 0 radical (unpaired) electrons. The maximum Gasteiger partial charge on any atom is 0.243 e. The standard InChI is InChI=1S/C18H15F3N6O3S/c1-30-13-5-3-2-4-12(13)27-18(24-25-26-27)31-9-15(29)22-8-14(28)23-11-7-6-10(19)16(20)17(11)21/h2-7H,8-9H2,1H3,(H,22,29)(H,23,28). The highest BCUT2D eigenvalue weighted by Crippen LogP contribution is 2.25. The van der Waals surface area contributed by atoms with Crippen LogP contribution in [-0.2, 0) is 9.59 Å². The number of benzene rings is 2. The van der Waals surface area contributed by atoms with Gasteiger partial charge in [0.05, 0.1) is 25.1 Å². The second-order valence-electron chi connectivity index (χ2n) is 5.88. The Morgan fingerprint density at radius 3 is 2.65 bits per heavy atom. The van der Waals surface area contributed by atoms with E-state index >= 15 is 0 Å². The molecule has 0 spiro atoms. The summed E-state index contributed by atoms with van der Waals surface area (Å²) in [5.41, 5.74) is 0.0364. The van der Waals surface area contributed by atoms with Gasteiger partial charge in [0.1, 0.15) is 11.4 Å². The normalized spacial score (nSPS) is 10.6. The lowest BCUT2D eigenvalue weighted by Gasteiger charge is -2.09. The van der Waals surface area contributed by atoms with Crippen molar-refractivity contribution in [3.8, 4) is 11.4 Å². The SMILES string of the molecule is COc1ccccc1-n1nnnc1SCC(=O)NCC(=O)Nc1ccc(F)c(F)c1F. The van der Waals surface area contributed by atoms with E-state index in [1.807, 2.05) is 0 Å². The Kier molecular flexibility index (Phi) is 7.07. The molecule has 0 atom stereocenters. The van der Waals surface area contributed by atoms with Crippen LogP contribution < -0.4 is 15.4 Å². The molecule has 0 saturated heterocycles. The van der Waals surface area contributed by atoms with E-state index in [0.717, 1.165) is 17.8 Å². The third kappa shape index (κ3) is 5.31. The smallest absolute Gasteiger partial charge is 0.243 e. The van der Waals surface area contributed by atoms with Gasteiger partial charge in [-0.25, -0.2) is 13.2 Å². The highest BCUT2D eigenvalue weighted by molar-refractivity contribution is 7.99. The summed E-state index contributed by atoms with van der Waals surface area (Å²) in [4.78, 5) is 23.9. The van der Waals surface area contributed by atoms with Crippen molar-refractivity contribution in [1.82, 2.24) is 25.5 Å². The summed E-state index contributed by atoms with van der Waals surface area (Å²) >= 11 is 1.01. The topological polar surface area (TPSA) is 111 Å². The average molecular weight is 452 g/mol. The minimum absolute atomic E-state index is 0.123. The molecule has 31 heavy (non-hydrogen) atoms. The van der Waals surface area contributed by atoms with Crippen LogP contribution in [0.4, 0.5) is 18.9 Å². The molecule has 0 aliphatic rings. The van der Waals surface area contributed by atoms with Crippen molar-refractivity contribution in [2.24, 2.45) is 0 Å². The van der Waals surface area contributed by atoms with Crippen molar-refractivity contribution in [3.05, 3.63) is 53.8 Å². The largest absolute Gasteiger partial charge is 0.494 e. The summed E-state index contributed by atoms with van der Waals surface area (Å²) in [5.74, 6) is -5.55. The second-order valence-corrected chi connectivity index (χ2v) is 6.82. The first-order valence-corrected chi connectivity index (χ1v) is 9.64. The van der Waals surface area contributed by atoms with E-state index < -0.39 is 41.5 Å². The van der Waals surface area contributed by atoms with Gasteiger partial charge < -0.3 is 15.4 Å². The highest BCUT2D eigenvalue weighted by Gasteiger charge is 2.17. The first kappa shape index (κ1) is 22.1. The van der Waals surface area contributed by atoms with E-state index in [1.165, 1.54) is 11.8 Å². The molecule has 0 fully saturated rings. The fraction of sp³-hybridized carbons (Fsp3) is 0.167. The summed E-state index contributed by atoms with van der Waals surface area (Å²) in [6.45, 7) is -0.505. The van der Waals surface area contributed by atoms with E-state index in [4.69, 9.17) is 4.74 Å². The number of para-hydroxylation sites is 2. The number of halogens is 3. The Morgan fingerprint density at radius 2 is 1.87 bits per heavy atom. The van der Waals surface area contributed by atoms with E-state index in [1.54, 1.807) is 24.3 Å². The number of carbonyl (C=O) groups is 2. The highest BCUT2D eigenvalue weighted by atomic mass is 32.2. The van der Waals surface area contributed by atoms with Crippen LogP contribution in [-0.4, -0.2) is 51.4 Å². The summed E-state index contributed by atoms with van der Waals surface area (Å²) in [6.07, 6.45) is 0. The molecule has 0 bridgehead atoms. The number of amides is 2. The molecule has 1 aromatic heterocycles. The number of ether oxygens (including phenoxy) is 1. The third-order valence-corrected chi connectivity index (χ3v) is 4.76. The van der Waals surface area contributed by atoms with Crippen molar-refractivity contribution in [2.45, 2.75) is 5.16 Å². The minimum atomic E-state index is -1.70. The molecule has 9 nitrogen and oxygen atoms in total. The van der Waals surface area contributed by atoms with Crippen molar-refractivity contribution in [1.29, 1.82) is 0 Å². The lowest BCUT2D eigenvalue weighted by molar-refractivity contribution is -0.122. The van der Waals surface area contributed by atoms with Gasteiger partial charge in [-0.2, -0.15) is 4.68 Å². The summed E-state index contributed by atoms with van der Waals surface area (Å²) < 4.78 is 46.4. The van der Waals surface area contributed by atoms with Gasteiger partial charge in [-0.1, -0.05) is 23.9 Å². The average Bonchev–Trinajstić information content (AvgIpc) is 3.25. The van der Waals surface area contributed by atoms with Crippen LogP contribution >= 0.6 is 11.8 Å². The van der Waals surface area contributed by atoms with Crippen LogP contribution in [0.1, 0.15) is 0 Å². The van der Waals surface area contributed by atoms with Crippen LogP contribution in [0.15, 0.2) is 41.6 Å². The number of rotatable bonds is 8. The van der Waals surface area contributed by atoms with Gasteiger partial charge in [-0.15, -0.1) is 5.10 Å². The molecule has 1 heterocycles. The van der Waals surface area contributed by atoms with E-state index in [9.17, 15) is 22.8 Å². The van der Waals surface area contributed by atoms with Gasteiger partial charge in [0.15, 0.2) is 17.5 Å². The molecule has 3 aromatic rings. The number of aromatic nitrogens is 4. The zero-order valence-corrected chi connectivity index (χ0v) is 16.8. The zero-order valence-electron chi connectivity index (χ0n) is 15.9. The molecular formula is C18H15F3N6O3S. The van der Waals surface area contributed by atoms with Crippen LogP contribution in [0.2, 0.25) is 0 Å². The first-order valence-electron chi connectivity index (χ1n) is 8.65. The predicted molar refractivity (Wildman–Crippen MR) is 104 cm³/mol. The second kappa shape index (κ2) is 9.93. The molecule has 13 heteroatoms. The van der Waals surface area contributed by atoms with Crippen molar-refractivity contribution >= 4 is 29.3 Å². The van der Waals surface area contributed by atoms with Crippen LogP contribution in [0, 0.1) is 17.5 Å². The number of hydrogen-bond donors (Lipinski definition) is 2. The van der Waals surface area contributed by atoms with E-state index in [0.29, 0.717) is 22.7 Å². The minimum Gasteiger partial charge on any atom is -0.494 e. The lowest BCUT2D eigenvalue weighted by atomic mass is 10.2. The summed E-state index contributed by atoms with van der Waals surface area (Å²) in [5, 5.41) is 16.0. The molecule has 0 unspecified atom stereocenters. The fourth-order valence-electron chi connectivity index (χ4n) is 2.40. The van der Waals surface area contributed by atoms with Gasteiger partial charge in [-0.3, -0.25) is 9.59 Å². The number of methoxy groups -OCH3 is 1. The van der Waals surface area contributed by atoms with Crippen molar-refractivity contribution in [2.75, 3.05) is 24.7 Å². The Hall–Kier alpha value is -3.61. The number of tetrazole rings is 1. The Morgan fingerprint density at radius 1 is 1.10 bits per heavy atom. The number of anilines is 1. The summed E-state index contributed by atoms with van der Waals surface area (Å²) in [7, 11) is 1.50. The number of thioether (sulfide) groups is 1. The molecule has 0 saturated carbocycles. The number of nitrogens with one attached hydrogen (secondary N) is 2. The lowest BCUT2D eigenvalue weighted by Crippen LogP contribution is -2.34. The van der Waals surface area contributed by atoms with Gasteiger partial charge >= 0.3 is 0 Å². The van der Waals surface area contributed by atoms with Gasteiger partial charge in [0, 0.05) is 0 Å². The van der Waals surface area contributed by atoms with Gasteiger partial charge in [0.2, 0.25) is 17.0 Å². The van der Waals surface area contributed by atoms with Gasteiger partial charge in [0.25, 0.3) is 0 Å². The van der Waals surface area contributed by atoms with Gasteiger partial charge in [-0.05, 0) is 34.7 Å². The fourth-order valence-corrected chi connectivity index (χ4v) is 3.12. The Bertz CT molecular complexity index is 1110. The molecule has 0 aliphatic heterocycles. The van der Waals surface area contributed by atoms with Crippen LogP contribution in [0.3, 0.4) is 0 Å². The summed E-state index contributed by atoms with van der Waals surface area (Å²) in [6, 6.07) is 8.57. The van der Waals surface area contributed by atoms with Crippen LogP contribution in [0.25, 0.3) is 5.69 Å². The van der Waals surface area contributed by atoms with Crippen molar-refractivity contribution in [3.63, 3.8) is 0 Å². The number of hydrogen-bond acceptors (Lipinski definition) is 7. The Balaban J connectivity index is 1.53. The Labute approximate surface area is 178 Å². The van der Waals surface area contributed by atoms with E-state index in [-0.39, 0.29) is 5.75 Å². The number of nitrogens with zero attached hydrogens (tertiary/aromatic N) is 4. The molecule has 3 rings (SSSR count). The molecule has 2 amide bonds. The molecule has 162 valence electrons. The monoisotopic (exact) mass is 452 g/mol. The molecule has 2 N–H and O–H groups in total. The number of carbonyl (C=O) groups excluding carboxylic acids is 2.